The zero-order valence-electron chi connectivity index (χ0n) is 9.23. The van der Waals surface area contributed by atoms with E-state index >= 15 is 0 Å². The smallest absolute Gasteiger partial charge is 0.0625 e. The van der Waals surface area contributed by atoms with Gasteiger partial charge < -0.3 is 15.6 Å². The van der Waals surface area contributed by atoms with Crippen LogP contribution in [0.15, 0.2) is 0 Å². The molecule has 0 saturated carbocycles. The van der Waals surface area contributed by atoms with Gasteiger partial charge in [-0.1, -0.05) is 26.8 Å². The second-order valence-corrected chi connectivity index (χ2v) is 3.90. The van der Waals surface area contributed by atoms with E-state index in [0.29, 0.717) is 0 Å². The summed E-state index contributed by atoms with van der Waals surface area (Å²) in [7, 11) is 0. The molecule has 0 aromatic rings. The van der Waals surface area contributed by atoms with Gasteiger partial charge in [0.15, 0.2) is 0 Å². The summed E-state index contributed by atoms with van der Waals surface area (Å²) in [6.45, 7) is 6.03. The van der Waals surface area contributed by atoms with Gasteiger partial charge in [-0.2, -0.15) is 0 Å². The maximum atomic E-state index is 9.78. The van der Waals surface area contributed by atoms with Gasteiger partial charge in [0.05, 0.1) is 6.10 Å². The molecule has 1 aliphatic rings. The minimum atomic E-state index is -0.524. The summed E-state index contributed by atoms with van der Waals surface area (Å²) in [5.41, 5.74) is 7.76. The third-order valence-corrected chi connectivity index (χ3v) is 3.05. The minimum absolute atomic E-state index is 0. The summed E-state index contributed by atoms with van der Waals surface area (Å²) in [5, 5.41) is 9.78. The van der Waals surface area contributed by atoms with E-state index in [1.165, 1.54) is 0 Å². The van der Waals surface area contributed by atoms with Gasteiger partial charge in [-0.3, -0.25) is 0 Å². The number of rotatable bonds is 2. The Bertz CT molecular complexity index is 148. The third kappa shape index (κ3) is 3.15. The molecule has 0 aromatic carbocycles. The molecule has 4 heteroatoms. The third-order valence-electron chi connectivity index (χ3n) is 3.05. The van der Waals surface area contributed by atoms with Gasteiger partial charge in [0.25, 0.3) is 0 Å². The molecule has 81 valence electrons. The van der Waals surface area contributed by atoms with Crippen LogP contribution in [0, 0.1) is 50.0 Å². The zero-order valence-corrected chi connectivity index (χ0v) is 14.0. The van der Waals surface area contributed by atoms with E-state index in [-0.39, 0.29) is 62.2 Å². The molecule has 1 heterocycles. The largest absolute Gasteiger partial charge is 0.670 e. The van der Waals surface area contributed by atoms with Gasteiger partial charge >= 0.3 is 0 Å². The van der Waals surface area contributed by atoms with E-state index in [1.54, 1.807) is 0 Å². The Hall–Kier alpha value is 1.32. The van der Waals surface area contributed by atoms with E-state index in [9.17, 15) is 5.11 Å². The van der Waals surface area contributed by atoms with Gasteiger partial charge in [-0.05, 0) is 12.8 Å². The minimum Gasteiger partial charge on any atom is -0.670 e. The first-order chi connectivity index (χ1) is 6.11. The Kier molecular flexibility index (Phi) is 7.45. The van der Waals surface area contributed by atoms with Crippen molar-refractivity contribution in [2.24, 2.45) is 5.92 Å². The van der Waals surface area contributed by atoms with Crippen molar-refractivity contribution in [2.75, 3.05) is 0 Å². The summed E-state index contributed by atoms with van der Waals surface area (Å²) in [6.07, 6.45) is 1.25. The first-order valence-electron chi connectivity index (χ1n) is 5.16. The molecule has 0 amide bonds. The maximum absolute atomic E-state index is 9.78. The summed E-state index contributed by atoms with van der Waals surface area (Å²) in [6, 6.07) is -0.470. The second kappa shape index (κ2) is 6.81. The first kappa shape index (κ1) is 15.3. The number of aliphatic hydroxyl groups is 1. The Labute approximate surface area is 122 Å². The molecule has 3 nitrogen and oxygen atoms in total. The molecule has 5 atom stereocenters. The number of aliphatic hydroxyl groups excluding tert-OH is 1. The van der Waals surface area contributed by atoms with Crippen molar-refractivity contribution in [1.82, 2.24) is 0 Å². The van der Waals surface area contributed by atoms with Crippen molar-refractivity contribution in [3.05, 3.63) is 5.73 Å². The number of hydrogen-bond donors (Lipinski definition) is 1. The van der Waals surface area contributed by atoms with Crippen LogP contribution in [0.1, 0.15) is 33.6 Å². The first-order valence-corrected chi connectivity index (χ1v) is 5.16. The summed E-state index contributed by atoms with van der Waals surface area (Å²) < 4.78 is 5.73. The molecule has 1 fully saturated rings. The fourth-order valence-electron chi connectivity index (χ4n) is 2.02. The molecule has 2 N–H and O–H groups in total. The molecule has 1 rings (SSSR count). The van der Waals surface area contributed by atoms with Crippen molar-refractivity contribution in [3.8, 4) is 0 Å². The van der Waals surface area contributed by atoms with Crippen LogP contribution in [0.4, 0.5) is 0 Å². The van der Waals surface area contributed by atoms with Crippen LogP contribution in [0.3, 0.4) is 0 Å². The van der Waals surface area contributed by atoms with Crippen LogP contribution in [0.25, 0.3) is 5.73 Å². The number of nitrogens with one attached hydrogen (secondary N) is 1. The second-order valence-electron chi connectivity index (χ2n) is 3.90. The van der Waals surface area contributed by atoms with Gasteiger partial charge in [-0.25, -0.2) is 0 Å². The van der Waals surface area contributed by atoms with E-state index < -0.39 is 12.1 Å². The topological polar surface area (TPSA) is 53.3 Å². The predicted octanol–water partition coefficient (Wildman–Crippen LogP) is 1.99. The summed E-state index contributed by atoms with van der Waals surface area (Å²) in [4.78, 5) is 0. The monoisotopic (exact) mass is 413 g/mol. The Balaban J connectivity index is 0.00000169. The molecule has 0 aromatic heterocycles. The summed E-state index contributed by atoms with van der Waals surface area (Å²) in [5.74, 6) is 0.0929. The van der Waals surface area contributed by atoms with Crippen LogP contribution in [-0.4, -0.2) is 29.5 Å². The predicted molar refractivity (Wildman–Crippen MR) is 52.5 cm³/mol. The normalized spacial score (nSPS) is 43.1. The molecular formula is C10H20AcNO2-. The van der Waals surface area contributed by atoms with Crippen LogP contribution in [-0.2, 0) is 4.74 Å². The van der Waals surface area contributed by atoms with Crippen molar-refractivity contribution in [2.45, 2.75) is 58.0 Å². The Morgan fingerprint density at radius 1 is 1.21 bits per heavy atom. The van der Waals surface area contributed by atoms with Crippen molar-refractivity contribution >= 4 is 0 Å². The summed E-state index contributed by atoms with van der Waals surface area (Å²) >= 11 is 0. The van der Waals surface area contributed by atoms with Gasteiger partial charge in [0, 0.05) is 62.2 Å². The van der Waals surface area contributed by atoms with E-state index in [0.717, 1.165) is 12.8 Å². The zero-order chi connectivity index (χ0) is 10.0. The molecule has 14 heavy (non-hydrogen) atoms. The number of ether oxygens (including phenoxy) is 1. The van der Waals surface area contributed by atoms with E-state index in [2.05, 4.69) is 6.92 Å². The van der Waals surface area contributed by atoms with Crippen LogP contribution < -0.4 is 0 Å². The quantitative estimate of drug-likeness (QED) is 0.753. The van der Waals surface area contributed by atoms with Crippen molar-refractivity contribution in [1.29, 1.82) is 0 Å². The van der Waals surface area contributed by atoms with Crippen molar-refractivity contribution < 1.29 is 53.9 Å². The average molecular weight is 413 g/mol. The van der Waals surface area contributed by atoms with Gasteiger partial charge in [-0.15, -0.1) is 0 Å². The fourth-order valence-corrected chi connectivity index (χ4v) is 2.02. The van der Waals surface area contributed by atoms with E-state index in [1.807, 2.05) is 13.8 Å². The van der Waals surface area contributed by atoms with Crippen LogP contribution in [0.2, 0.25) is 0 Å². The molecule has 1 aliphatic heterocycles. The molecule has 5 unspecified atom stereocenters. The Morgan fingerprint density at radius 2 is 1.71 bits per heavy atom. The van der Waals surface area contributed by atoms with E-state index in [4.69, 9.17) is 10.5 Å². The van der Waals surface area contributed by atoms with Crippen molar-refractivity contribution in [3.63, 3.8) is 0 Å². The molecular weight excluding hydrogens is 393 g/mol. The van der Waals surface area contributed by atoms with Crippen LogP contribution in [0.5, 0.6) is 0 Å². The maximum Gasteiger partial charge on any atom is 0.0625 e. The van der Waals surface area contributed by atoms with Gasteiger partial charge in [0.1, 0.15) is 0 Å². The standard InChI is InChI=1S/C10H20NO2.Ac/c1-4-7-6(3)10(12)9(11)8(5-2)13-7;/h6-12H,4-5H2,1-3H3;/q-1;. The van der Waals surface area contributed by atoms with Crippen LogP contribution >= 0.6 is 0 Å². The molecule has 0 spiro atoms. The fraction of sp³-hybridized carbons (Fsp3) is 1.00. The molecule has 1 radical (unpaired) electrons. The number of hydrogen-bond acceptors (Lipinski definition) is 2. The SMILES string of the molecule is CCC1OC(CC)C([NH-])C(O)C1C.[Ac]. The molecule has 0 bridgehead atoms. The average Bonchev–Trinajstić information content (AvgIpc) is 2.15. The molecule has 1 saturated heterocycles. The van der Waals surface area contributed by atoms with Gasteiger partial charge in [0.2, 0.25) is 0 Å². The molecule has 0 aliphatic carbocycles. The Morgan fingerprint density at radius 3 is 2.14 bits per heavy atom.